The van der Waals surface area contributed by atoms with Crippen LogP contribution >= 0.6 is 0 Å². The molecule has 0 spiro atoms. The van der Waals surface area contributed by atoms with Crippen LogP contribution in [-0.4, -0.2) is 45.5 Å². The Balaban J connectivity index is 2.40. The third kappa shape index (κ3) is 2.74. The van der Waals surface area contributed by atoms with Gasteiger partial charge >= 0.3 is 0 Å². The molecule has 1 aliphatic rings. The summed E-state index contributed by atoms with van der Waals surface area (Å²) in [6, 6.07) is 4.96. The minimum absolute atomic E-state index is 0.00227. The second-order valence-electron chi connectivity index (χ2n) is 5.89. The lowest BCUT2D eigenvalue weighted by molar-refractivity contribution is 0.139. The van der Waals surface area contributed by atoms with Crippen molar-refractivity contribution in [1.82, 2.24) is 4.90 Å². The molecule has 1 fully saturated rings. The first-order valence-corrected chi connectivity index (χ1v) is 8.05. The number of primary sulfonamides is 1. The van der Waals surface area contributed by atoms with Gasteiger partial charge in [0.25, 0.3) is 0 Å². The molecule has 0 aliphatic carbocycles. The van der Waals surface area contributed by atoms with E-state index in [1.165, 1.54) is 6.07 Å². The highest BCUT2D eigenvalue weighted by atomic mass is 32.2. The summed E-state index contributed by atoms with van der Waals surface area (Å²) in [7, 11) is -1.71. The molecular formula is C13H22N4O2S. The van der Waals surface area contributed by atoms with Crippen LogP contribution in [0.3, 0.4) is 0 Å². The van der Waals surface area contributed by atoms with Gasteiger partial charge in [-0.3, -0.25) is 4.90 Å². The lowest BCUT2D eigenvalue weighted by Crippen LogP contribution is -2.57. The molecule has 0 aromatic heterocycles. The Morgan fingerprint density at radius 3 is 2.45 bits per heavy atom. The zero-order valence-electron chi connectivity index (χ0n) is 12.1. The van der Waals surface area contributed by atoms with E-state index in [0.717, 1.165) is 25.3 Å². The molecule has 20 heavy (non-hydrogen) atoms. The normalized spacial score (nSPS) is 20.1. The highest BCUT2D eigenvalue weighted by Gasteiger charge is 2.32. The Hall–Kier alpha value is -1.31. The number of para-hydroxylation sites is 1. The maximum absolute atomic E-state index is 11.5. The number of likely N-dealkylation sites (N-methyl/N-ethyl adjacent to an activating group) is 1. The van der Waals surface area contributed by atoms with Crippen LogP contribution in [-0.2, 0) is 10.0 Å². The van der Waals surface area contributed by atoms with Crippen LogP contribution in [0.1, 0.15) is 13.8 Å². The number of nitrogen functional groups attached to an aromatic ring is 1. The molecule has 0 atom stereocenters. The lowest BCUT2D eigenvalue weighted by Gasteiger charge is -2.46. The molecule has 4 N–H and O–H groups in total. The topological polar surface area (TPSA) is 92.7 Å². The van der Waals surface area contributed by atoms with E-state index < -0.39 is 10.0 Å². The summed E-state index contributed by atoms with van der Waals surface area (Å²) in [5.74, 6) is 0. The number of piperazine rings is 1. The molecule has 0 amide bonds. The van der Waals surface area contributed by atoms with Crippen molar-refractivity contribution in [2.45, 2.75) is 24.3 Å². The molecule has 1 aromatic carbocycles. The van der Waals surface area contributed by atoms with E-state index in [1.807, 2.05) is 6.07 Å². The maximum Gasteiger partial charge on any atom is 0.240 e. The number of hydrogen-bond acceptors (Lipinski definition) is 5. The van der Waals surface area contributed by atoms with Gasteiger partial charge in [-0.25, -0.2) is 13.6 Å². The Morgan fingerprint density at radius 2 is 1.90 bits per heavy atom. The first-order valence-electron chi connectivity index (χ1n) is 6.50. The number of anilines is 2. The number of benzene rings is 1. The van der Waals surface area contributed by atoms with Gasteiger partial charge in [-0.1, -0.05) is 6.07 Å². The molecule has 1 aliphatic heterocycles. The van der Waals surface area contributed by atoms with Gasteiger partial charge in [0.05, 0.1) is 11.4 Å². The molecule has 7 heteroatoms. The van der Waals surface area contributed by atoms with E-state index in [4.69, 9.17) is 10.9 Å². The van der Waals surface area contributed by atoms with Gasteiger partial charge in [-0.05, 0) is 33.0 Å². The minimum Gasteiger partial charge on any atom is -0.396 e. The van der Waals surface area contributed by atoms with E-state index in [9.17, 15) is 8.42 Å². The van der Waals surface area contributed by atoms with E-state index >= 15 is 0 Å². The van der Waals surface area contributed by atoms with Gasteiger partial charge in [0, 0.05) is 25.2 Å². The number of rotatable bonds is 2. The molecule has 0 saturated carbocycles. The van der Waals surface area contributed by atoms with Crippen LogP contribution < -0.4 is 15.8 Å². The fraction of sp³-hybridized carbons (Fsp3) is 0.538. The average molecular weight is 298 g/mol. The molecule has 6 nitrogen and oxygen atoms in total. The number of hydrogen-bond donors (Lipinski definition) is 2. The molecule has 1 heterocycles. The first-order chi connectivity index (χ1) is 9.13. The van der Waals surface area contributed by atoms with E-state index in [-0.39, 0.29) is 16.1 Å². The van der Waals surface area contributed by atoms with E-state index in [1.54, 1.807) is 6.07 Å². The fourth-order valence-corrected chi connectivity index (χ4v) is 3.18. The van der Waals surface area contributed by atoms with Gasteiger partial charge in [-0.15, -0.1) is 0 Å². The van der Waals surface area contributed by atoms with Gasteiger partial charge < -0.3 is 10.6 Å². The van der Waals surface area contributed by atoms with Crippen molar-refractivity contribution in [3.05, 3.63) is 18.2 Å². The van der Waals surface area contributed by atoms with Crippen molar-refractivity contribution in [3.8, 4) is 0 Å². The van der Waals surface area contributed by atoms with Gasteiger partial charge in [-0.2, -0.15) is 0 Å². The highest BCUT2D eigenvalue weighted by Crippen LogP contribution is 2.32. The summed E-state index contributed by atoms with van der Waals surface area (Å²) >= 11 is 0. The smallest absolute Gasteiger partial charge is 0.240 e. The third-order valence-corrected chi connectivity index (χ3v) is 4.98. The molecule has 1 aromatic rings. The second kappa shape index (κ2) is 4.91. The summed E-state index contributed by atoms with van der Waals surface area (Å²) < 4.78 is 23.1. The van der Waals surface area contributed by atoms with Crippen LogP contribution in [0.4, 0.5) is 11.4 Å². The van der Waals surface area contributed by atoms with Crippen LogP contribution in [0, 0.1) is 0 Å². The fourth-order valence-electron chi connectivity index (χ4n) is 2.50. The summed E-state index contributed by atoms with van der Waals surface area (Å²) in [4.78, 5) is 4.39. The predicted octanol–water partition coefficient (Wildman–Crippen LogP) is 0.447. The first kappa shape index (κ1) is 15.1. The molecule has 1 saturated heterocycles. The summed E-state index contributed by atoms with van der Waals surface area (Å²) in [6.45, 7) is 6.78. The SMILES string of the molecule is CN1CCN(c2cccc(S(N)(=O)=O)c2N)CC1(C)C. The average Bonchev–Trinajstić information content (AvgIpc) is 2.31. The van der Waals surface area contributed by atoms with Gasteiger partial charge in [0.1, 0.15) is 4.90 Å². The Labute approximate surface area is 120 Å². The lowest BCUT2D eigenvalue weighted by atomic mass is 9.99. The minimum atomic E-state index is -3.80. The van der Waals surface area contributed by atoms with E-state index in [2.05, 4.69) is 30.7 Å². The maximum atomic E-state index is 11.5. The van der Waals surface area contributed by atoms with Gasteiger partial charge in [0.2, 0.25) is 10.0 Å². The number of nitrogens with zero attached hydrogens (tertiary/aromatic N) is 2. The predicted molar refractivity (Wildman–Crippen MR) is 81.1 cm³/mol. The highest BCUT2D eigenvalue weighted by molar-refractivity contribution is 7.89. The van der Waals surface area contributed by atoms with Crippen LogP contribution in [0.25, 0.3) is 0 Å². The van der Waals surface area contributed by atoms with Crippen LogP contribution in [0.2, 0.25) is 0 Å². The zero-order valence-corrected chi connectivity index (χ0v) is 12.9. The summed E-state index contributed by atoms with van der Waals surface area (Å²) in [5, 5.41) is 5.20. The molecular weight excluding hydrogens is 276 g/mol. The van der Waals surface area contributed by atoms with E-state index in [0.29, 0.717) is 0 Å². The van der Waals surface area contributed by atoms with Crippen molar-refractivity contribution < 1.29 is 8.42 Å². The van der Waals surface area contributed by atoms with Crippen molar-refractivity contribution >= 4 is 21.4 Å². The molecule has 0 unspecified atom stereocenters. The monoisotopic (exact) mass is 298 g/mol. The van der Waals surface area contributed by atoms with Gasteiger partial charge in [0.15, 0.2) is 0 Å². The molecule has 0 radical (unpaired) electrons. The third-order valence-electron chi connectivity index (χ3n) is 4.01. The van der Waals surface area contributed by atoms with Crippen LogP contribution in [0.5, 0.6) is 0 Å². The molecule has 2 rings (SSSR count). The summed E-state index contributed by atoms with van der Waals surface area (Å²) in [6.07, 6.45) is 0. The zero-order chi connectivity index (χ0) is 15.1. The number of sulfonamides is 1. The Kier molecular flexibility index (Phi) is 3.70. The van der Waals surface area contributed by atoms with Crippen molar-refractivity contribution in [3.63, 3.8) is 0 Å². The van der Waals surface area contributed by atoms with Crippen molar-refractivity contribution in [2.75, 3.05) is 37.3 Å². The van der Waals surface area contributed by atoms with Crippen molar-refractivity contribution in [2.24, 2.45) is 5.14 Å². The Bertz CT molecular complexity index is 613. The standard InChI is InChI=1S/C13H22N4O2S/c1-13(2)9-17(8-7-16(13)3)10-5-4-6-11(12(10)14)20(15,18)19/h4-6H,7-9,14H2,1-3H3,(H2,15,18,19). The van der Waals surface area contributed by atoms with Crippen molar-refractivity contribution in [1.29, 1.82) is 0 Å². The number of nitrogens with two attached hydrogens (primary N) is 2. The quantitative estimate of drug-likeness (QED) is 0.773. The van der Waals surface area contributed by atoms with Crippen LogP contribution in [0.15, 0.2) is 23.1 Å². The molecule has 112 valence electrons. The second-order valence-corrected chi connectivity index (χ2v) is 7.42. The Morgan fingerprint density at radius 1 is 1.25 bits per heavy atom. The summed E-state index contributed by atoms with van der Waals surface area (Å²) in [5.41, 5.74) is 6.98. The molecule has 0 bridgehead atoms. The largest absolute Gasteiger partial charge is 0.396 e.